The maximum atomic E-state index is 11.5. The molecule has 0 unspecified atom stereocenters. The first-order valence-corrected chi connectivity index (χ1v) is 6.47. The van der Waals surface area contributed by atoms with Crippen molar-refractivity contribution >= 4 is 34.1 Å². The Morgan fingerprint density at radius 2 is 1.88 bits per heavy atom. The third-order valence-electron chi connectivity index (χ3n) is 2.61. The van der Waals surface area contributed by atoms with Crippen LogP contribution in [0.2, 0.25) is 0 Å². The SMILES string of the molecule is CC(C)[C@](N)(C(N)=O)C(=S)Sc1ccccc1. The summed E-state index contributed by atoms with van der Waals surface area (Å²) in [6.45, 7) is 3.67. The zero-order valence-corrected chi connectivity index (χ0v) is 11.5. The minimum absolute atomic E-state index is 0.135. The highest BCUT2D eigenvalue weighted by Crippen LogP contribution is 2.28. The van der Waals surface area contributed by atoms with Gasteiger partial charge in [-0.3, -0.25) is 4.79 Å². The fourth-order valence-electron chi connectivity index (χ4n) is 1.30. The minimum atomic E-state index is -1.25. The molecule has 0 saturated heterocycles. The number of nitrogens with two attached hydrogens (primary N) is 2. The number of amides is 1. The predicted octanol–water partition coefficient (Wildman–Crippen LogP) is 1.94. The molecule has 0 spiro atoms. The second-order valence-corrected chi connectivity index (χ2v) is 5.84. The van der Waals surface area contributed by atoms with Gasteiger partial charge in [-0.2, -0.15) is 0 Å². The Hall–Kier alpha value is -0.910. The minimum Gasteiger partial charge on any atom is -0.368 e. The summed E-state index contributed by atoms with van der Waals surface area (Å²) in [6, 6.07) is 9.56. The molecular formula is C12H16N2OS2. The fourth-order valence-corrected chi connectivity index (χ4v) is 2.94. The van der Waals surface area contributed by atoms with E-state index in [-0.39, 0.29) is 5.92 Å². The highest BCUT2D eigenvalue weighted by Gasteiger charge is 2.40. The molecule has 4 N–H and O–H groups in total. The van der Waals surface area contributed by atoms with Crippen LogP contribution < -0.4 is 11.5 Å². The molecule has 5 heteroatoms. The van der Waals surface area contributed by atoms with E-state index in [1.54, 1.807) is 0 Å². The molecule has 0 aliphatic heterocycles. The molecule has 0 heterocycles. The molecular weight excluding hydrogens is 252 g/mol. The normalized spacial score (nSPS) is 14.4. The zero-order chi connectivity index (χ0) is 13.1. The number of carbonyl (C=O) groups excluding carboxylic acids is 1. The third-order valence-corrected chi connectivity index (χ3v) is 4.23. The third kappa shape index (κ3) is 3.06. The molecule has 1 rings (SSSR count). The number of hydrogen-bond acceptors (Lipinski definition) is 4. The lowest BCUT2D eigenvalue weighted by atomic mass is 9.89. The Labute approximate surface area is 111 Å². The van der Waals surface area contributed by atoms with E-state index in [0.29, 0.717) is 4.20 Å². The first-order valence-electron chi connectivity index (χ1n) is 5.25. The number of hydrogen-bond donors (Lipinski definition) is 2. The summed E-state index contributed by atoms with van der Waals surface area (Å²) in [6.07, 6.45) is 0. The van der Waals surface area contributed by atoms with Crippen molar-refractivity contribution in [2.75, 3.05) is 0 Å². The molecule has 0 saturated carbocycles. The maximum absolute atomic E-state index is 11.5. The van der Waals surface area contributed by atoms with Gasteiger partial charge in [-0.05, 0) is 18.1 Å². The van der Waals surface area contributed by atoms with Gasteiger partial charge < -0.3 is 11.5 Å². The average Bonchev–Trinajstić information content (AvgIpc) is 2.28. The van der Waals surface area contributed by atoms with Gasteiger partial charge >= 0.3 is 0 Å². The highest BCUT2D eigenvalue weighted by molar-refractivity contribution is 8.23. The standard InChI is InChI=1S/C12H16N2OS2/c1-8(2)12(14,10(13)15)11(16)17-9-6-4-3-5-7-9/h3-8H,14H2,1-2H3,(H2,13,15)/t12-/m0/s1. The van der Waals surface area contributed by atoms with Crippen molar-refractivity contribution in [1.29, 1.82) is 0 Å². The fraction of sp³-hybridized carbons (Fsp3) is 0.333. The van der Waals surface area contributed by atoms with E-state index in [4.69, 9.17) is 23.7 Å². The van der Waals surface area contributed by atoms with E-state index in [0.717, 1.165) is 4.90 Å². The molecule has 0 aliphatic carbocycles. The van der Waals surface area contributed by atoms with Crippen molar-refractivity contribution < 1.29 is 4.79 Å². The summed E-state index contributed by atoms with van der Waals surface area (Å²) in [7, 11) is 0. The Balaban J connectivity index is 2.92. The number of thioether (sulfide) groups is 1. The molecule has 1 atom stereocenters. The summed E-state index contributed by atoms with van der Waals surface area (Å²) in [5, 5.41) is 0. The van der Waals surface area contributed by atoms with Gasteiger partial charge in [-0.15, -0.1) is 0 Å². The van der Waals surface area contributed by atoms with Crippen molar-refractivity contribution in [3.8, 4) is 0 Å². The van der Waals surface area contributed by atoms with Gasteiger partial charge in [0.05, 0.1) is 4.20 Å². The van der Waals surface area contributed by atoms with Gasteiger partial charge in [0, 0.05) is 4.90 Å². The van der Waals surface area contributed by atoms with E-state index >= 15 is 0 Å². The van der Waals surface area contributed by atoms with Crippen LogP contribution in [0.1, 0.15) is 13.8 Å². The first kappa shape index (κ1) is 14.2. The number of primary amides is 1. The van der Waals surface area contributed by atoms with Crippen LogP contribution in [0.3, 0.4) is 0 Å². The molecule has 0 bridgehead atoms. The van der Waals surface area contributed by atoms with Crippen LogP contribution in [0.5, 0.6) is 0 Å². The second kappa shape index (κ2) is 5.62. The van der Waals surface area contributed by atoms with E-state index in [2.05, 4.69) is 0 Å². The molecule has 92 valence electrons. The molecule has 1 aromatic carbocycles. The largest absolute Gasteiger partial charge is 0.368 e. The molecule has 1 aromatic rings. The molecule has 17 heavy (non-hydrogen) atoms. The molecule has 3 nitrogen and oxygen atoms in total. The van der Waals surface area contributed by atoms with Crippen LogP contribution in [0, 0.1) is 5.92 Å². The van der Waals surface area contributed by atoms with Gasteiger partial charge in [-0.25, -0.2) is 0 Å². The van der Waals surface area contributed by atoms with E-state index in [9.17, 15) is 4.79 Å². The van der Waals surface area contributed by atoms with Crippen LogP contribution in [0.15, 0.2) is 35.2 Å². The summed E-state index contributed by atoms with van der Waals surface area (Å²) in [5.74, 6) is -0.718. The Morgan fingerprint density at radius 3 is 2.29 bits per heavy atom. The van der Waals surface area contributed by atoms with Crippen molar-refractivity contribution in [3.63, 3.8) is 0 Å². The number of benzene rings is 1. The molecule has 0 radical (unpaired) electrons. The van der Waals surface area contributed by atoms with E-state index in [1.165, 1.54) is 11.8 Å². The quantitative estimate of drug-likeness (QED) is 0.647. The van der Waals surface area contributed by atoms with Gasteiger partial charge in [0.1, 0.15) is 5.54 Å². The monoisotopic (exact) mass is 268 g/mol. The van der Waals surface area contributed by atoms with Crippen LogP contribution in [0.25, 0.3) is 0 Å². The Bertz CT molecular complexity index is 420. The van der Waals surface area contributed by atoms with Crippen LogP contribution >= 0.6 is 24.0 Å². The van der Waals surface area contributed by atoms with Gasteiger partial charge in [0.25, 0.3) is 0 Å². The molecule has 1 amide bonds. The Morgan fingerprint density at radius 1 is 1.35 bits per heavy atom. The first-order chi connectivity index (χ1) is 7.89. The van der Waals surface area contributed by atoms with Crippen molar-refractivity contribution in [1.82, 2.24) is 0 Å². The smallest absolute Gasteiger partial charge is 0.243 e. The van der Waals surface area contributed by atoms with Crippen molar-refractivity contribution in [3.05, 3.63) is 30.3 Å². The van der Waals surface area contributed by atoms with Gasteiger partial charge in [0.2, 0.25) is 5.91 Å². The molecule has 0 aliphatic rings. The second-order valence-electron chi connectivity index (χ2n) is 4.09. The van der Waals surface area contributed by atoms with Crippen LogP contribution in [-0.2, 0) is 4.79 Å². The lowest BCUT2D eigenvalue weighted by molar-refractivity contribution is -0.121. The summed E-state index contributed by atoms with van der Waals surface area (Å²) < 4.78 is 0.409. The summed E-state index contributed by atoms with van der Waals surface area (Å²) in [4.78, 5) is 12.4. The highest BCUT2D eigenvalue weighted by atomic mass is 32.2. The number of rotatable bonds is 4. The van der Waals surface area contributed by atoms with Crippen LogP contribution in [-0.4, -0.2) is 15.6 Å². The number of carbonyl (C=O) groups is 1. The van der Waals surface area contributed by atoms with Crippen molar-refractivity contribution in [2.45, 2.75) is 24.3 Å². The summed E-state index contributed by atoms with van der Waals surface area (Å²) in [5.41, 5.74) is 10.1. The van der Waals surface area contributed by atoms with E-state index in [1.807, 2.05) is 44.2 Å². The van der Waals surface area contributed by atoms with Crippen molar-refractivity contribution in [2.24, 2.45) is 17.4 Å². The molecule has 0 aromatic heterocycles. The molecule has 0 fully saturated rings. The van der Waals surface area contributed by atoms with Gasteiger partial charge in [-0.1, -0.05) is 56.0 Å². The predicted molar refractivity (Wildman–Crippen MR) is 75.8 cm³/mol. The Kier molecular flexibility index (Phi) is 4.68. The van der Waals surface area contributed by atoms with E-state index < -0.39 is 11.4 Å². The van der Waals surface area contributed by atoms with Gasteiger partial charge in [0.15, 0.2) is 0 Å². The number of thiocarbonyl (C=S) groups is 1. The average molecular weight is 268 g/mol. The lowest BCUT2D eigenvalue weighted by Gasteiger charge is -2.30. The topological polar surface area (TPSA) is 69.1 Å². The maximum Gasteiger partial charge on any atom is 0.243 e. The van der Waals surface area contributed by atoms with Crippen LogP contribution in [0.4, 0.5) is 0 Å². The summed E-state index contributed by atoms with van der Waals surface area (Å²) >= 11 is 6.57. The zero-order valence-electron chi connectivity index (χ0n) is 9.84. The lowest BCUT2D eigenvalue weighted by Crippen LogP contribution is -2.60.